The third-order valence-corrected chi connectivity index (χ3v) is 9.74. The van der Waals surface area contributed by atoms with E-state index in [2.05, 4.69) is 5.32 Å². The van der Waals surface area contributed by atoms with E-state index < -0.39 is 79.4 Å². The fourth-order valence-electron chi connectivity index (χ4n) is 6.82. The van der Waals surface area contributed by atoms with Crippen molar-refractivity contribution in [1.82, 2.24) is 5.32 Å². The zero-order valence-electron chi connectivity index (χ0n) is 32.6. The predicted molar refractivity (Wildman–Crippen MR) is 208 cm³/mol. The van der Waals surface area contributed by atoms with Crippen LogP contribution in [0.25, 0.3) is 0 Å². The largest absolute Gasteiger partial charge is 0.479 e. The Hall–Kier alpha value is -5.23. The van der Waals surface area contributed by atoms with Gasteiger partial charge >= 0.3 is 18.0 Å². The van der Waals surface area contributed by atoms with Gasteiger partial charge < -0.3 is 58.2 Å². The van der Waals surface area contributed by atoms with Crippen LogP contribution in [0.4, 0.5) is 4.79 Å². The van der Waals surface area contributed by atoms with E-state index in [1.54, 1.807) is 0 Å². The number of ether oxygens (including phenoxy) is 9. The van der Waals surface area contributed by atoms with Crippen LogP contribution in [0.3, 0.4) is 0 Å². The normalized spacial score (nSPS) is 26.7. The first-order chi connectivity index (χ1) is 28.7. The number of carbonyl (C=O) groups excluding carboxylic acids is 2. The summed E-state index contributed by atoms with van der Waals surface area (Å²) in [6.45, 7) is 0.829. The number of carboxylic acids is 1. The maximum atomic E-state index is 13.5. The van der Waals surface area contributed by atoms with E-state index in [1.165, 1.54) is 14.0 Å². The molecule has 0 radical (unpaired) electrons. The van der Waals surface area contributed by atoms with Gasteiger partial charge in [-0.05, 0) is 22.3 Å². The minimum atomic E-state index is -1.83. The van der Waals surface area contributed by atoms with E-state index in [1.807, 2.05) is 121 Å². The highest BCUT2D eigenvalue weighted by atomic mass is 16.8. The minimum Gasteiger partial charge on any atom is -0.479 e. The number of carbonyl (C=O) groups is 3. The molecule has 10 atom stereocenters. The molecule has 6 rings (SSSR count). The topological polar surface area (TPSA) is 187 Å². The Kier molecular flexibility index (Phi) is 15.9. The SMILES string of the molecule is COC1OC(COC(C)=O)C(OC2OC(C(=O)O)C(O)C(OCc3ccccc3)C2OCc2ccccc2)C(OCc2ccccc2)C1NC(=O)OCc1ccccc1. The molecule has 2 heterocycles. The molecule has 3 N–H and O–H groups in total. The van der Waals surface area contributed by atoms with Crippen molar-refractivity contribution in [3.8, 4) is 0 Å². The summed E-state index contributed by atoms with van der Waals surface area (Å²) in [5, 5.41) is 24.6. The quantitative estimate of drug-likeness (QED) is 0.119. The summed E-state index contributed by atoms with van der Waals surface area (Å²) in [6, 6.07) is 35.6. The molecule has 2 saturated heterocycles. The Balaban J connectivity index is 1.36. The lowest BCUT2D eigenvalue weighted by molar-refractivity contribution is -0.355. The van der Waals surface area contributed by atoms with E-state index in [0.717, 1.165) is 22.3 Å². The maximum Gasteiger partial charge on any atom is 0.407 e. The molecule has 2 fully saturated rings. The zero-order valence-corrected chi connectivity index (χ0v) is 32.6. The number of methoxy groups -OCH3 is 1. The highest BCUT2D eigenvalue weighted by molar-refractivity contribution is 5.73. The summed E-state index contributed by atoms with van der Waals surface area (Å²) in [6.07, 6.45) is -13.2. The van der Waals surface area contributed by atoms with Crippen molar-refractivity contribution in [2.24, 2.45) is 0 Å². The number of alkyl carbamates (subject to hydrolysis) is 1. The Bertz CT molecular complexity index is 1890. The smallest absolute Gasteiger partial charge is 0.407 e. The number of aliphatic hydroxyl groups excluding tert-OH is 1. The van der Waals surface area contributed by atoms with Gasteiger partial charge in [-0.15, -0.1) is 0 Å². The first-order valence-electron chi connectivity index (χ1n) is 19.2. The van der Waals surface area contributed by atoms with Crippen LogP contribution in [0.15, 0.2) is 121 Å². The lowest BCUT2D eigenvalue weighted by atomic mass is 9.94. The third kappa shape index (κ3) is 12.2. The highest BCUT2D eigenvalue weighted by Crippen LogP contribution is 2.34. The lowest BCUT2D eigenvalue weighted by Gasteiger charge is -2.49. The van der Waals surface area contributed by atoms with Gasteiger partial charge in [0, 0.05) is 14.0 Å². The Morgan fingerprint density at radius 3 is 1.56 bits per heavy atom. The molecule has 0 aliphatic carbocycles. The number of nitrogens with one attached hydrogen (secondary N) is 1. The van der Waals surface area contributed by atoms with Crippen molar-refractivity contribution < 1.29 is 67.2 Å². The van der Waals surface area contributed by atoms with Gasteiger partial charge in [0.15, 0.2) is 18.7 Å². The van der Waals surface area contributed by atoms with Gasteiger partial charge in [-0.3, -0.25) is 4.79 Å². The van der Waals surface area contributed by atoms with Gasteiger partial charge in [0.05, 0.1) is 19.8 Å². The molecular formula is C44H49NO14. The van der Waals surface area contributed by atoms with Gasteiger partial charge in [0.2, 0.25) is 0 Å². The maximum absolute atomic E-state index is 13.5. The molecule has 4 aromatic rings. The Labute approximate surface area is 342 Å². The molecule has 0 bridgehead atoms. The summed E-state index contributed by atoms with van der Waals surface area (Å²) in [7, 11) is 1.37. The van der Waals surface area contributed by atoms with Crippen LogP contribution in [0, 0.1) is 0 Å². The number of hydrogen-bond acceptors (Lipinski definition) is 13. The van der Waals surface area contributed by atoms with E-state index in [9.17, 15) is 24.6 Å². The van der Waals surface area contributed by atoms with Crippen LogP contribution >= 0.6 is 0 Å². The molecule has 15 nitrogen and oxygen atoms in total. The molecule has 314 valence electrons. The minimum absolute atomic E-state index is 0.000452. The molecular weight excluding hydrogens is 766 g/mol. The van der Waals surface area contributed by atoms with Crippen LogP contribution in [0.2, 0.25) is 0 Å². The molecule has 2 aliphatic rings. The number of aliphatic carboxylic acids is 1. The first-order valence-corrected chi connectivity index (χ1v) is 19.2. The molecule has 0 aromatic heterocycles. The standard InChI is InChI=1S/C44H49NO14/c1-28(46)52-27-33-36(37(53-23-29-15-7-3-8-16-29)34(42(51-2)57-33)45-44(50)56-26-32-21-13-6-14-22-32)58-43-40(55-25-31-19-11-5-12-20-31)38(35(47)39(59-43)41(48)49)54-24-30-17-9-4-10-18-30/h3-22,33-40,42-43,47H,23-27H2,1-2H3,(H,45,50)(H,48,49). The average molecular weight is 816 g/mol. The lowest BCUT2D eigenvalue weighted by Crippen LogP contribution is -2.68. The zero-order chi connectivity index (χ0) is 41.6. The number of aliphatic hydroxyl groups is 1. The molecule has 1 amide bonds. The van der Waals surface area contributed by atoms with E-state index in [-0.39, 0.29) is 33.0 Å². The van der Waals surface area contributed by atoms with Crippen LogP contribution in [0.5, 0.6) is 0 Å². The first kappa shape index (κ1) is 43.4. The molecule has 15 heteroatoms. The fourth-order valence-corrected chi connectivity index (χ4v) is 6.82. The van der Waals surface area contributed by atoms with Crippen LogP contribution < -0.4 is 5.32 Å². The second-order valence-electron chi connectivity index (χ2n) is 14.0. The molecule has 2 aliphatic heterocycles. The summed E-state index contributed by atoms with van der Waals surface area (Å²) < 4.78 is 55.1. The Morgan fingerprint density at radius 1 is 0.610 bits per heavy atom. The summed E-state index contributed by atoms with van der Waals surface area (Å²) in [5.74, 6) is -2.09. The highest BCUT2D eigenvalue weighted by Gasteiger charge is 2.55. The van der Waals surface area contributed by atoms with E-state index >= 15 is 0 Å². The number of carboxylic acid groups (broad SMARTS) is 1. The van der Waals surface area contributed by atoms with Crippen molar-refractivity contribution in [3.05, 3.63) is 144 Å². The fraction of sp³-hybridized carbons (Fsp3) is 0.386. The summed E-state index contributed by atoms with van der Waals surface area (Å²) in [5.41, 5.74) is 3.05. The van der Waals surface area contributed by atoms with Crippen molar-refractivity contribution in [1.29, 1.82) is 0 Å². The Morgan fingerprint density at radius 2 is 1.08 bits per heavy atom. The average Bonchev–Trinajstić information content (AvgIpc) is 3.25. The second-order valence-corrected chi connectivity index (χ2v) is 14.0. The van der Waals surface area contributed by atoms with Crippen molar-refractivity contribution in [2.75, 3.05) is 13.7 Å². The predicted octanol–water partition coefficient (Wildman–Crippen LogP) is 4.53. The number of rotatable bonds is 18. The monoisotopic (exact) mass is 815 g/mol. The number of esters is 1. The van der Waals surface area contributed by atoms with E-state index in [0.29, 0.717) is 0 Å². The van der Waals surface area contributed by atoms with Crippen molar-refractivity contribution in [2.45, 2.75) is 94.7 Å². The second kappa shape index (κ2) is 21.7. The van der Waals surface area contributed by atoms with Crippen LogP contribution in [-0.4, -0.2) is 103 Å². The van der Waals surface area contributed by atoms with Gasteiger partial charge in [0.25, 0.3) is 0 Å². The summed E-state index contributed by atoms with van der Waals surface area (Å²) >= 11 is 0. The van der Waals surface area contributed by atoms with Crippen molar-refractivity contribution in [3.63, 3.8) is 0 Å². The van der Waals surface area contributed by atoms with Gasteiger partial charge in [-0.2, -0.15) is 0 Å². The van der Waals surface area contributed by atoms with Gasteiger partial charge in [0.1, 0.15) is 55.9 Å². The molecule has 4 aromatic carbocycles. The van der Waals surface area contributed by atoms with E-state index in [4.69, 9.17) is 42.6 Å². The number of amides is 1. The van der Waals surface area contributed by atoms with Crippen LogP contribution in [0.1, 0.15) is 29.2 Å². The summed E-state index contributed by atoms with van der Waals surface area (Å²) in [4.78, 5) is 38.3. The van der Waals surface area contributed by atoms with Crippen molar-refractivity contribution >= 4 is 18.0 Å². The number of hydrogen-bond donors (Lipinski definition) is 3. The van der Waals surface area contributed by atoms with Crippen LogP contribution in [-0.2, 0) is 78.6 Å². The number of benzene rings is 4. The van der Waals surface area contributed by atoms with Gasteiger partial charge in [-0.1, -0.05) is 121 Å². The molecule has 0 saturated carbocycles. The third-order valence-electron chi connectivity index (χ3n) is 9.74. The molecule has 0 spiro atoms. The molecule has 10 unspecified atom stereocenters. The van der Waals surface area contributed by atoms with Gasteiger partial charge in [-0.25, -0.2) is 9.59 Å². The molecule has 59 heavy (non-hydrogen) atoms.